The molecule has 1 aromatic carbocycles. The lowest BCUT2D eigenvalue weighted by atomic mass is 10.2. The number of methoxy groups -OCH3 is 1. The molecule has 74 valence electrons. The second-order valence-electron chi connectivity index (χ2n) is 2.84. The number of rotatable bonds is 3. The average molecular weight is 194 g/mol. The minimum atomic E-state index is -0.384. The van der Waals surface area contributed by atoms with E-state index < -0.39 is 0 Å². The summed E-state index contributed by atoms with van der Waals surface area (Å²) in [5.41, 5.74) is 0.488. The molecule has 1 rings (SSSR count). The quantitative estimate of drug-likeness (QED) is 0.801. The van der Waals surface area contributed by atoms with E-state index in [1.165, 1.54) is 25.3 Å². The van der Waals surface area contributed by atoms with Crippen molar-refractivity contribution >= 4 is 5.69 Å². The Bertz CT molecular complexity index is 360. The van der Waals surface area contributed by atoms with Crippen LogP contribution >= 0.6 is 0 Å². The van der Waals surface area contributed by atoms with Gasteiger partial charge in [-0.3, -0.25) is 0 Å². The zero-order chi connectivity index (χ0) is 10.6. The standard InChI is InChI=1S/C10H11FN2O/c1-7(6-12)13-9-5-8(11)3-4-10(9)14-2/h3-5,7,13H,1-2H3. The van der Waals surface area contributed by atoms with Crippen LogP contribution in [0.5, 0.6) is 5.75 Å². The Morgan fingerprint density at radius 2 is 2.29 bits per heavy atom. The van der Waals surface area contributed by atoms with Crippen LogP contribution in [0.15, 0.2) is 18.2 Å². The fraction of sp³-hybridized carbons (Fsp3) is 0.300. The fourth-order valence-electron chi connectivity index (χ4n) is 1.06. The highest BCUT2D eigenvalue weighted by Gasteiger charge is 2.06. The van der Waals surface area contributed by atoms with Crippen molar-refractivity contribution in [1.29, 1.82) is 5.26 Å². The Hall–Kier alpha value is -1.76. The van der Waals surface area contributed by atoms with Gasteiger partial charge in [-0.15, -0.1) is 0 Å². The summed E-state index contributed by atoms with van der Waals surface area (Å²) in [5.74, 6) is 0.159. The van der Waals surface area contributed by atoms with Crippen molar-refractivity contribution in [3.63, 3.8) is 0 Å². The molecular weight excluding hydrogens is 183 g/mol. The van der Waals surface area contributed by atoms with Gasteiger partial charge in [0.1, 0.15) is 17.6 Å². The predicted octanol–water partition coefficient (Wildman–Crippen LogP) is 2.16. The molecule has 0 amide bonds. The summed E-state index contributed by atoms with van der Waals surface area (Å²) in [6.45, 7) is 1.68. The van der Waals surface area contributed by atoms with E-state index in [1.807, 2.05) is 6.07 Å². The first kappa shape index (κ1) is 10.3. The van der Waals surface area contributed by atoms with Crippen molar-refractivity contribution < 1.29 is 9.13 Å². The van der Waals surface area contributed by atoms with Gasteiger partial charge in [0.05, 0.1) is 18.9 Å². The van der Waals surface area contributed by atoms with Gasteiger partial charge in [0, 0.05) is 6.07 Å². The number of ether oxygens (including phenoxy) is 1. The Morgan fingerprint density at radius 3 is 2.86 bits per heavy atom. The monoisotopic (exact) mass is 194 g/mol. The lowest BCUT2D eigenvalue weighted by Crippen LogP contribution is -2.12. The largest absolute Gasteiger partial charge is 0.495 e. The van der Waals surface area contributed by atoms with E-state index in [-0.39, 0.29) is 11.9 Å². The minimum absolute atomic E-state index is 0.363. The maximum atomic E-state index is 12.9. The first-order chi connectivity index (χ1) is 6.67. The summed E-state index contributed by atoms with van der Waals surface area (Å²) < 4.78 is 17.9. The lowest BCUT2D eigenvalue weighted by Gasteiger charge is -2.12. The number of nitrogens with zero attached hydrogens (tertiary/aromatic N) is 1. The molecule has 0 saturated carbocycles. The topological polar surface area (TPSA) is 45.0 Å². The van der Waals surface area contributed by atoms with Gasteiger partial charge in [0.25, 0.3) is 0 Å². The summed E-state index contributed by atoms with van der Waals surface area (Å²) in [6.07, 6.45) is 0. The third-order valence-electron chi connectivity index (χ3n) is 1.73. The summed E-state index contributed by atoms with van der Waals surface area (Å²) in [4.78, 5) is 0. The molecule has 0 fully saturated rings. The normalized spacial score (nSPS) is 11.6. The first-order valence-electron chi connectivity index (χ1n) is 4.17. The zero-order valence-electron chi connectivity index (χ0n) is 8.04. The molecule has 0 aliphatic rings. The molecule has 0 aliphatic carbocycles. The summed E-state index contributed by atoms with van der Waals surface area (Å²) >= 11 is 0. The number of nitrogens with one attached hydrogen (secondary N) is 1. The van der Waals surface area contributed by atoms with Gasteiger partial charge in [-0.05, 0) is 19.1 Å². The highest BCUT2D eigenvalue weighted by atomic mass is 19.1. The molecule has 0 bridgehead atoms. The van der Waals surface area contributed by atoms with Crippen molar-refractivity contribution in [3.05, 3.63) is 24.0 Å². The smallest absolute Gasteiger partial charge is 0.142 e. The molecule has 3 nitrogen and oxygen atoms in total. The van der Waals surface area contributed by atoms with E-state index in [2.05, 4.69) is 5.32 Å². The van der Waals surface area contributed by atoms with Gasteiger partial charge < -0.3 is 10.1 Å². The third kappa shape index (κ3) is 2.36. The number of benzene rings is 1. The van der Waals surface area contributed by atoms with Gasteiger partial charge >= 0.3 is 0 Å². The van der Waals surface area contributed by atoms with Crippen LogP contribution in [0.1, 0.15) is 6.92 Å². The van der Waals surface area contributed by atoms with Crippen LogP contribution in [0.3, 0.4) is 0 Å². The van der Waals surface area contributed by atoms with Gasteiger partial charge in [-0.25, -0.2) is 4.39 Å². The molecule has 0 aromatic heterocycles. The second-order valence-corrected chi connectivity index (χ2v) is 2.84. The summed E-state index contributed by atoms with van der Waals surface area (Å²) in [5, 5.41) is 11.4. The van der Waals surface area contributed by atoms with Crippen molar-refractivity contribution in [3.8, 4) is 11.8 Å². The van der Waals surface area contributed by atoms with Crippen molar-refractivity contribution in [2.24, 2.45) is 0 Å². The van der Waals surface area contributed by atoms with Crippen LogP contribution < -0.4 is 10.1 Å². The molecule has 1 N–H and O–H groups in total. The lowest BCUT2D eigenvalue weighted by molar-refractivity contribution is 0.415. The van der Waals surface area contributed by atoms with E-state index in [9.17, 15) is 4.39 Å². The summed E-state index contributed by atoms with van der Waals surface area (Å²) in [6, 6.07) is 5.73. The van der Waals surface area contributed by atoms with Gasteiger partial charge in [0.15, 0.2) is 0 Å². The zero-order valence-corrected chi connectivity index (χ0v) is 8.04. The summed E-state index contributed by atoms with van der Waals surface area (Å²) in [7, 11) is 1.50. The number of nitriles is 1. The fourth-order valence-corrected chi connectivity index (χ4v) is 1.06. The Kier molecular flexibility index (Phi) is 3.29. The molecule has 0 heterocycles. The van der Waals surface area contributed by atoms with Crippen LogP contribution in [0, 0.1) is 17.1 Å². The van der Waals surface area contributed by atoms with E-state index in [4.69, 9.17) is 10.00 Å². The highest BCUT2D eigenvalue weighted by molar-refractivity contribution is 5.57. The van der Waals surface area contributed by atoms with Crippen LogP contribution in [0.4, 0.5) is 10.1 Å². The van der Waals surface area contributed by atoms with E-state index in [1.54, 1.807) is 6.92 Å². The molecule has 14 heavy (non-hydrogen) atoms. The third-order valence-corrected chi connectivity index (χ3v) is 1.73. The molecule has 1 atom stereocenters. The predicted molar refractivity (Wildman–Crippen MR) is 51.6 cm³/mol. The second kappa shape index (κ2) is 4.47. The van der Waals surface area contributed by atoms with Gasteiger partial charge in [-0.2, -0.15) is 5.26 Å². The number of halogens is 1. The van der Waals surface area contributed by atoms with Crippen LogP contribution in [-0.2, 0) is 0 Å². The molecule has 4 heteroatoms. The van der Waals surface area contributed by atoms with E-state index in [0.29, 0.717) is 11.4 Å². The van der Waals surface area contributed by atoms with Crippen molar-refractivity contribution in [1.82, 2.24) is 0 Å². The Labute approximate surface area is 82.1 Å². The molecule has 0 aliphatic heterocycles. The Morgan fingerprint density at radius 1 is 1.57 bits per heavy atom. The van der Waals surface area contributed by atoms with E-state index in [0.717, 1.165) is 0 Å². The van der Waals surface area contributed by atoms with Crippen LogP contribution in [0.2, 0.25) is 0 Å². The molecular formula is C10H11FN2O. The Balaban J connectivity index is 2.94. The molecule has 0 spiro atoms. The number of hydrogen-bond acceptors (Lipinski definition) is 3. The maximum absolute atomic E-state index is 12.9. The van der Waals surface area contributed by atoms with Crippen molar-refractivity contribution in [2.45, 2.75) is 13.0 Å². The number of anilines is 1. The van der Waals surface area contributed by atoms with Crippen LogP contribution in [0.25, 0.3) is 0 Å². The van der Waals surface area contributed by atoms with Crippen LogP contribution in [-0.4, -0.2) is 13.2 Å². The number of hydrogen-bond donors (Lipinski definition) is 1. The van der Waals surface area contributed by atoms with Crippen molar-refractivity contribution in [2.75, 3.05) is 12.4 Å². The molecule has 1 unspecified atom stereocenters. The maximum Gasteiger partial charge on any atom is 0.142 e. The SMILES string of the molecule is COc1ccc(F)cc1NC(C)C#N. The van der Waals surface area contributed by atoms with Gasteiger partial charge in [0.2, 0.25) is 0 Å². The first-order valence-corrected chi connectivity index (χ1v) is 4.17. The minimum Gasteiger partial charge on any atom is -0.495 e. The molecule has 0 radical (unpaired) electrons. The van der Waals surface area contributed by atoms with Gasteiger partial charge in [-0.1, -0.05) is 0 Å². The molecule has 1 aromatic rings. The van der Waals surface area contributed by atoms with E-state index >= 15 is 0 Å². The highest BCUT2D eigenvalue weighted by Crippen LogP contribution is 2.25. The molecule has 0 saturated heterocycles. The average Bonchev–Trinajstić information content (AvgIpc) is 2.18.